The minimum Gasteiger partial charge on any atom is -0.507 e. The number of carbonyl (C=O) groups excluding carboxylic acids is 1. The molecule has 2 rings (SSSR count). The van der Waals surface area contributed by atoms with Crippen molar-refractivity contribution in [3.63, 3.8) is 0 Å². The molecule has 0 spiro atoms. The molecule has 2 aromatic rings. The van der Waals surface area contributed by atoms with E-state index in [1.807, 2.05) is 0 Å². The Balaban J connectivity index is 2.12. The minimum absolute atomic E-state index is 0.0962. The minimum atomic E-state index is -0.615. The highest BCUT2D eigenvalue weighted by atomic mass is 35.5. The molecule has 0 radical (unpaired) electrons. The zero-order chi connectivity index (χ0) is 16.3. The van der Waals surface area contributed by atoms with Crippen LogP contribution >= 0.6 is 23.2 Å². The molecule has 0 fully saturated rings. The molecule has 0 atom stereocenters. The molecule has 22 heavy (non-hydrogen) atoms. The third kappa shape index (κ3) is 3.60. The van der Waals surface area contributed by atoms with Crippen LogP contribution in [0.4, 0.5) is 0 Å². The fraction of sp³-hybridized carbons (Fsp3) is 0. The molecule has 0 aliphatic rings. The van der Waals surface area contributed by atoms with Crippen LogP contribution in [0.1, 0.15) is 15.9 Å². The number of nitrogens with one attached hydrogen (secondary N) is 1. The highest BCUT2D eigenvalue weighted by Crippen LogP contribution is 2.28. The number of rotatable bonds is 3. The molecule has 0 aromatic heterocycles. The molecule has 0 saturated carbocycles. The Kier molecular flexibility index (Phi) is 4.75. The van der Waals surface area contributed by atoms with Gasteiger partial charge < -0.3 is 15.3 Å². The quantitative estimate of drug-likeness (QED) is 0.392. The Morgan fingerprint density at radius 1 is 1.05 bits per heavy atom. The van der Waals surface area contributed by atoms with Crippen molar-refractivity contribution in [1.29, 1.82) is 0 Å². The third-order valence-electron chi connectivity index (χ3n) is 2.67. The van der Waals surface area contributed by atoms with Crippen molar-refractivity contribution >= 4 is 35.3 Å². The van der Waals surface area contributed by atoms with Gasteiger partial charge in [0, 0.05) is 10.6 Å². The molecular weight excluding hydrogens is 331 g/mol. The van der Waals surface area contributed by atoms with Crippen LogP contribution < -0.4 is 5.43 Å². The number of amides is 1. The van der Waals surface area contributed by atoms with Crippen LogP contribution in [0, 0.1) is 0 Å². The first-order valence-corrected chi connectivity index (χ1v) is 6.67. The molecule has 0 unspecified atom stereocenters. The average Bonchev–Trinajstić information content (AvgIpc) is 2.44. The maximum atomic E-state index is 11.8. The second kappa shape index (κ2) is 6.55. The van der Waals surface area contributed by atoms with E-state index in [9.17, 15) is 15.0 Å². The van der Waals surface area contributed by atoms with Crippen LogP contribution in [0.5, 0.6) is 17.2 Å². The summed E-state index contributed by atoms with van der Waals surface area (Å²) in [4.78, 5) is 11.8. The van der Waals surface area contributed by atoms with Crippen molar-refractivity contribution < 1.29 is 20.1 Å². The number of phenols is 3. The SMILES string of the molecule is O=C(N/N=C/c1c(O)cc(Cl)cc1Cl)c1ccc(O)c(O)c1. The second-order valence-electron chi connectivity index (χ2n) is 4.22. The predicted octanol–water partition coefficient (Wildman–Crippen LogP) is 2.87. The van der Waals surface area contributed by atoms with Crippen molar-refractivity contribution in [2.75, 3.05) is 0 Å². The number of aromatic hydroxyl groups is 3. The Morgan fingerprint density at radius 2 is 1.77 bits per heavy atom. The molecule has 1 amide bonds. The summed E-state index contributed by atoms with van der Waals surface area (Å²) in [6, 6.07) is 6.29. The molecular formula is C14H10Cl2N2O4. The summed E-state index contributed by atoms with van der Waals surface area (Å²) in [7, 11) is 0. The Labute approximate surface area is 135 Å². The molecule has 0 heterocycles. The van der Waals surface area contributed by atoms with Gasteiger partial charge in [-0.2, -0.15) is 5.10 Å². The molecule has 0 saturated heterocycles. The maximum Gasteiger partial charge on any atom is 0.271 e. The summed E-state index contributed by atoms with van der Waals surface area (Å²) in [5.41, 5.74) is 2.49. The molecule has 0 aliphatic carbocycles. The van der Waals surface area contributed by atoms with Crippen LogP contribution in [0.25, 0.3) is 0 Å². The van der Waals surface area contributed by atoms with Crippen molar-refractivity contribution in [2.24, 2.45) is 5.10 Å². The highest BCUT2D eigenvalue weighted by molar-refractivity contribution is 6.36. The normalized spacial score (nSPS) is 10.8. The van der Waals surface area contributed by atoms with Gasteiger partial charge in [0.1, 0.15) is 5.75 Å². The van der Waals surface area contributed by atoms with E-state index in [-0.39, 0.29) is 32.7 Å². The number of hydrogen-bond acceptors (Lipinski definition) is 5. The summed E-state index contributed by atoms with van der Waals surface area (Å²) >= 11 is 11.6. The first-order chi connectivity index (χ1) is 10.4. The van der Waals surface area contributed by atoms with Gasteiger partial charge in [0.25, 0.3) is 5.91 Å². The number of benzene rings is 2. The third-order valence-corrected chi connectivity index (χ3v) is 3.20. The van der Waals surface area contributed by atoms with E-state index < -0.39 is 11.7 Å². The van der Waals surface area contributed by atoms with Gasteiger partial charge in [0.2, 0.25) is 0 Å². The Hall–Kier alpha value is -2.44. The van der Waals surface area contributed by atoms with Gasteiger partial charge in [-0.15, -0.1) is 0 Å². The van der Waals surface area contributed by atoms with Crippen molar-refractivity contribution in [3.8, 4) is 17.2 Å². The van der Waals surface area contributed by atoms with Crippen LogP contribution in [0.2, 0.25) is 10.0 Å². The lowest BCUT2D eigenvalue weighted by atomic mass is 10.2. The van der Waals surface area contributed by atoms with Crippen LogP contribution in [0.3, 0.4) is 0 Å². The van der Waals surface area contributed by atoms with E-state index in [0.29, 0.717) is 0 Å². The van der Waals surface area contributed by atoms with Gasteiger partial charge in [-0.3, -0.25) is 4.79 Å². The van der Waals surface area contributed by atoms with Gasteiger partial charge in [0.15, 0.2) is 11.5 Å². The lowest BCUT2D eigenvalue weighted by Crippen LogP contribution is -2.17. The van der Waals surface area contributed by atoms with E-state index >= 15 is 0 Å². The Morgan fingerprint density at radius 3 is 2.41 bits per heavy atom. The molecule has 0 bridgehead atoms. The van der Waals surface area contributed by atoms with Crippen molar-refractivity contribution in [1.82, 2.24) is 5.43 Å². The first-order valence-electron chi connectivity index (χ1n) is 5.92. The molecule has 4 N–H and O–H groups in total. The molecule has 114 valence electrons. The molecule has 6 nitrogen and oxygen atoms in total. The van der Waals surface area contributed by atoms with E-state index in [4.69, 9.17) is 28.3 Å². The zero-order valence-electron chi connectivity index (χ0n) is 10.9. The number of carbonyl (C=O) groups is 1. The van der Waals surface area contributed by atoms with Gasteiger partial charge >= 0.3 is 0 Å². The number of halogens is 2. The van der Waals surface area contributed by atoms with E-state index in [2.05, 4.69) is 10.5 Å². The van der Waals surface area contributed by atoms with Gasteiger partial charge in [0.05, 0.1) is 16.8 Å². The summed E-state index contributed by atoms with van der Waals surface area (Å²) in [5.74, 6) is -1.55. The molecule has 0 aliphatic heterocycles. The van der Waals surface area contributed by atoms with Crippen LogP contribution in [0.15, 0.2) is 35.4 Å². The van der Waals surface area contributed by atoms with Gasteiger partial charge in [-0.05, 0) is 30.3 Å². The van der Waals surface area contributed by atoms with Gasteiger partial charge in [-0.25, -0.2) is 5.43 Å². The number of hydrogen-bond donors (Lipinski definition) is 4. The number of nitrogens with zero attached hydrogens (tertiary/aromatic N) is 1. The molecule has 8 heteroatoms. The maximum absolute atomic E-state index is 11.8. The lowest BCUT2D eigenvalue weighted by Gasteiger charge is -2.04. The summed E-state index contributed by atoms with van der Waals surface area (Å²) in [5, 5.41) is 32.3. The van der Waals surface area contributed by atoms with Crippen molar-refractivity contribution in [3.05, 3.63) is 51.5 Å². The fourth-order valence-corrected chi connectivity index (χ4v) is 2.12. The topological polar surface area (TPSA) is 102 Å². The monoisotopic (exact) mass is 340 g/mol. The molecule has 2 aromatic carbocycles. The first kappa shape index (κ1) is 15.9. The van der Waals surface area contributed by atoms with E-state index in [1.54, 1.807) is 0 Å². The smallest absolute Gasteiger partial charge is 0.271 e. The van der Waals surface area contributed by atoms with Crippen LogP contribution in [-0.2, 0) is 0 Å². The average molecular weight is 341 g/mol. The van der Waals surface area contributed by atoms with E-state index in [0.717, 1.165) is 12.3 Å². The number of phenolic OH excluding ortho intramolecular Hbond substituents is 3. The van der Waals surface area contributed by atoms with Crippen LogP contribution in [-0.4, -0.2) is 27.4 Å². The highest BCUT2D eigenvalue weighted by Gasteiger charge is 2.09. The summed E-state index contributed by atoms with van der Waals surface area (Å²) in [6.07, 6.45) is 1.16. The van der Waals surface area contributed by atoms with E-state index in [1.165, 1.54) is 24.3 Å². The summed E-state index contributed by atoms with van der Waals surface area (Å²) < 4.78 is 0. The fourth-order valence-electron chi connectivity index (χ4n) is 1.58. The predicted molar refractivity (Wildman–Crippen MR) is 83.0 cm³/mol. The zero-order valence-corrected chi connectivity index (χ0v) is 12.4. The van der Waals surface area contributed by atoms with Gasteiger partial charge in [-0.1, -0.05) is 23.2 Å². The standard InChI is InChI=1S/C14H10Cl2N2O4/c15-8-4-10(16)9(12(20)5-8)6-17-18-14(22)7-1-2-11(19)13(21)3-7/h1-6,19-21H,(H,18,22)/b17-6+. The summed E-state index contributed by atoms with van der Waals surface area (Å²) in [6.45, 7) is 0. The lowest BCUT2D eigenvalue weighted by molar-refractivity contribution is 0.0954. The largest absolute Gasteiger partial charge is 0.507 e. The van der Waals surface area contributed by atoms with Crippen molar-refractivity contribution in [2.45, 2.75) is 0 Å². The Bertz CT molecular complexity index is 739. The second-order valence-corrected chi connectivity index (χ2v) is 5.07. The number of hydrazone groups is 1.